The van der Waals surface area contributed by atoms with Gasteiger partial charge >= 0.3 is 0 Å². The number of carbonyl (C=O) groups is 1. The molecule has 2 aromatic carbocycles. The molecule has 0 radical (unpaired) electrons. The molecule has 0 bridgehead atoms. The average molecular weight is 462 g/mol. The van der Waals surface area contributed by atoms with Crippen LogP contribution < -0.4 is 4.74 Å². The van der Waals surface area contributed by atoms with Crippen molar-refractivity contribution in [3.63, 3.8) is 0 Å². The molecule has 1 aliphatic rings. The van der Waals surface area contributed by atoms with Gasteiger partial charge in [-0.15, -0.1) is 5.10 Å². The highest BCUT2D eigenvalue weighted by atomic mass is 32.2. The summed E-state index contributed by atoms with van der Waals surface area (Å²) in [6, 6.07) is 16.4. The van der Waals surface area contributed by atoms with Gasteiger partial charge in [0.15, 0.2) is 16.7 Å². The number of hydrogen-bond donors (Lipinski definition) is 1. The van der Waals surface area contributed by atoms with Crippen LogP contribution in [0.5, 0.6) is 11.5 Å². The van der Waals surface area contributed by atoms with Crippen molar-refractivity contribution in [3.05, 3.63) is 88.2 Å². The van der Waals surface area contributed by atoms with E-state index in [9.17, 15) is 9.90 Å². The van der Waals surface area contributed by atoms with E-state index in [0.717, 1.165) is 11.1 Å². The van der Waals surface area contributed by atoms with Crippen molar-refractivity contribution >= 4 is 35.1 Å². The fraction of sp³-hybridized carbons (Fsp3) is 0.160. The summed E-state index contributed by atoms with van der Waals surface area (Å²) < 4.78 is 10.8. The van der Waals surface area contributed by atoms with Crippen molar-refractivity contribution in [1.29, 1.82) is 0 Å². The minimum absolute atomic E-state index is 0.0628. The van der Waals surface area contributed by atoms with Gasteiger partial charge in [0, 0.05) is 0 Å². The van der Waals surface area contributed by atoms with Crippen molar-refractivity contribution in [2.45, 2.75) is 20.4 Å². The zero-order valence-electron chi connectivity index (χ0n) is 18.3. The molecule has 1 amide bonds. The maximum absolute atomic E-state index is 13.2. The second-order valence-corrected chi connectivity index (χ2v) is 8.23. The Balaban J connectivity index is 1.62. The molecule has 1 N–H and O–H groups in total. The summed E-state index contributed by atoms with van der Waals surface area (Å²) in [5, 5.41) is 18.8. The van der Waals surface area contributed by atoms with E-state index in [0.29, 0.717) is 33.8 Å². The first kappa shape index (κ1) is 22.4. The first-order chi connectivity index (χ1) is 16.0. The number of hydrogen-bond acceptors (Lipinski definition) is 7. The first-order valence-electron chi connectivity index (χ1n) is 10.4. The Kier molecular flexibility index (Phi) is 6.95. The Hall–Kier alpha value is -3.78. The number of benzene rings is 2. The van der Waals surface area contributed by atoms with Crippen molar-refractivity contribution in [2.24, 2.45) is 10.2 Å². The van der Waals surface area contributed by atoms with E-state index in [-0.39, 0.29) is 18.2 Å². The predicted molar refractivity (Wildman–Crippen MR) is 130 cm³/mol. The van der Waals surface area contributed by atoms with Gasteiger partial charge in [0.25, 0.3) is 5.91 Å². The number of carbonyl (C=O) groups excluding carboxylic acids is 1. The molecule has 8 heteroatoms. The van der Waals surface area contributed by atoms with E-state index in [1.165, 1.54) is 11.8 Å². The van der Waals surface area contributed by atoms with E-state index in [4.69, 9.17) is 9.15 Å². The number of aromatic hydroxyl groups is 1. The summed E-state index contributed by atoms with van der Waals surface area (Å²) >= 11 is 1.27. The van der Waals surface area contributed by atoms with Crippen molar-refractivity contribution in [2.75, 3.05) is 6.61 Å². The molecule has 1 aromatic heterocycles. The molecule has 7 nitrogen and oxygen atoms in total. The lowest BCUT2D eigenvalue weighted by Gasteiger charge is -2.12. The molecule has 1 fully saturated rings. The van der Waals surface area contributed by atoms with Crippen molar-refractivity contribution in [1.82, 2.24) is 4.90 Å². The van der Waals surface area contributed by atoms with Crippen LogP contribution in [0.4, 0.5) is 0 Å². The molecular weight excluding hydrogens is 438 g/mol. The van der Waals surface area contributed by atoms with Gasteiger partial charge in [-0.25, -0.2) is 0 Å². The fourth-order valence-corrected chi connectivity index (χ4v) is 4.12. The molecule has 1 aliphatic heterocycles. The topological polar surface area (TPSA) is 87.6 Å². The van der Waals surface area contributed by atoms with Crippen LogP contribution in [0.3, 0.4) is 0 Å². The third-order valence-corrected chi connectivity index (χ3v) is 5.89. The second kappa shape index (κ2) is 10.2. The van der Waals surface area contributed by atoms with Crippen LogP contribution in [0.15, 0.2) is 80.4 Å². The van der Waals surface area contributed by atoms with Crippen molar-refractivity contribution in [3.8, 4) is 11.5 Å². The minimum Gasteiger partial charge on any atom is -0.504 e. The quantitative estimate of drug-likeness (QED) is 0.297. The molecule has 1 saturated heterocycles. The Morgan fingerprint density at radius 1 is 1.18 bits per heavy atom. The van der Waals surface area contributed by atoms with Crippen LogP contribution >= 0.6 is 11.8 Å². The lowest BCUT2D eigenvalue weighted by molar-refractivity contribution is -0.122. The van der Waals surface area contributed by atoms with E-state index in [1.54, 1.807) is 41.6 Å². The number of nitrogens with zero attached hydrogens (tertiary/aromatic N) is 3. The summed E-state index contributed by atoms with van der Waals surface area (Å²) in [6.07, 6.45) is 5.00. The summed E-state index contributed by atoms with van der Waals surface area (Å²) in [7, 11) is 0. The standard InChI is InChI=1S/C25H23N3O4S/c1-3-31-22-13-18(10-11-21(22)29)15-26-27-25-28(16-20-9-6-12-32-20)24(30)23(33-25)14-19-8-5-4-7-17(19)2/h4-15,29H,3,16H2,1-2H3/b23-14-,26-15-,27-25+. The zero-order chi connectivity index (χ0) is 23.2. The van der Waals surface area contributed by atoms with Gasteiger partial charge in [-0.2, -0.15) is 5.10 Å². The number of furan rings is 1. The van der Waals surface area contributed by atoms with Gasteiger partial charge < -0.3 is 14.3 Å². The van der Waals surface area contributed by atoms with E-state index in [1.807, 2.05) is 50.3 Å². The number of ether oxygens (including phenoxy) is 1. The van der Waals surface area contributed by atoms with Crippen LogP contribution in [0.2, 0.25) is 0 Å². The lowest BCUT2D eigenvalue weighted by Crippen LogP contribution is -2.28. The molecule has 0 aliphatic carbocycles. The molecule has 2 heterocycles. The van der Waals surface area contributed by atoms with E-state index >= 15 is 0 Å². The van der Waals surface area contributed by atoms with Gasteiger partial charge in [0.2, 0.25) is 0 Å². The molecular formula is C25H23N3O4S. The van der Waals surface area contributed by atoms with Crippen LogP contribution in [-0.4, -0.2) is 33.9 Å². The van der Waals surface area contributed by atoms with Gasteiger partial charge in [-0.1, -0.05) is 24.3 Å². The van der Waals surface area contributed by atoms with Crippen molar-refractivity contribution < 1.29 is 19.1 Å². The van der Waals surface area contributed by atoms with Gasteiger partial charge in [-0.05, 0) is 78.7 Å². The van der Waals surface area contributed by atoms with Crippen LogP contribution in [0, 0.1) is 6.92 Å². The number of aryl methyl sites for hydroxylation is 1. The average Bonchev–Trinajstić information content (AvgIpc) is 3.42. The third kappa shape index (κ3) is 5.35. The highest BCUT2D eigenvalue weighted by Gasteiger charge is 2.34. The Bertz CT molecular complexity index is 1230. The Morgan fingerprint density at radius 3 is 2.79 bits per heavy atom. The highest BCUT2D eigenvalue weighted by molar-refractivity contribution is 8.18. The molecule has 0 saturated carbocycles. The molecule has 0 spiro atoms. The maximum atomic E-state index is 13.2. The first-order valence-corrected chi connectivity index (χ1v) is 11.2. The fourth-order valence-electron chi connectivity index (χ4n) is 3.20. The molecule has 4 rings (SSSR count). The number of amidine groups is 1. The number of phenolic OH excluding ortho intramolecular Hbond substituents is 1. The monoisotopic (exact) mass is 461 g/mol. The Morgan fingerprint density at radius 2 is 2.03 bits per heavy atom. The van der Waals surface area contributed by atoms with Gasteiger partial charge in [-0.3, -0.25) is 9.69 Å². The number of phenols is 1. The highest BCUT2D eigenvalue weighted by Crippen LogP contribution is 2.34. The molecule has 168 valence electrons. The number of thioether (sulfide) groups is 1. The summed E-state index contributed by atoms with van der Waals surface area (Å²) in [5.41, 5.74) is 2.77. The van der Waals surface area contributed by atoms with E-state index < -0.39 is 0 Å². The van der Waals surface area contributed by atoms with Gasteiger partial charge in [0.05, 0.1) is 30.5 Å². The number of rotatable bonds is 7. The minimum atomic E-state index is -0.156. The van der Waals surface area contributed by atoms with Crippen LogP contribution in [0.25, 0.3) is 6.08 Å². The third-order valence-electron chi connectivity index (χ3n) is 4.89. The lowest BCUT2D eigenvalue weighted by atomic mass is 10.1. The number of amides is 1. The maximum Gasteiger partial charge on any atom is 0.267 e. The molecule has 0 atom stereocenters. The predicted octanol–water partition coefficient (Wildman–Crippen LogP) is 5.20. The summed E-state index contributed by atoms with van der Waals surface area (Å²) in [5.74, 6) is 0.935. The SMILES string of the molecule is CCOc1cc(/C=N\N=C2\S/C(=C\c3ccccc3C)C(=O)N2Cc2ccco2)ccc1O. The van der Waals surface area contributed by atoms with Gasteiger partial charge in [0.1, 0.15) is 5.76 Å². The molecule has 0 unspecified atom stereocenters. The largest absolute Gasteiger partial charge is 0.504 e. The molecule has 33 heavy (non-hydrogen) atoms. The van der Waals surface area contributed by atoms with Crippen LogP contribution in [0.1, 0.15) is 29.4 Å². The summed E-state index contributed by atoms with van der Waals surface area (Å²) in [6.45, 7) is 4.54. The smallest absolute Gasteiger partial charge is 0.267 e. The Labute approximate surface area is 196 Å². The normalized spacial score (nSPS) is 16.4. The summed E-state index contributed by atoms with van der Waals surface area (Å²) in [4.78, 5) is 15.3. The van der Waals surface area contributed by atoms with Crippen LogP contribution in [-0.2, 0) is 11.3 Å². The zero-order valence-corrected chi connectivity index (χ0v) is 19.1. The molecule has 3 aromatic rings. The van der Waals surface area contributed by atoms with E-state index in [2.05, 4.69) is 10.2 Å². The second-order valence-electron chi connectivity index (χ2n) is 7.23.